The molecule has 0 spiro atoms. The Balaban J connectivity index is 1.79. The van der Waals surface area contributed by atoms with Crippen LogP contribution in [0.2, 0.25) is 0 Å². The first-order valence-electron chi connectivity index (χ1n) is 10.4. The summed E-state index contributed by atoms with van der Waals surface area (Å²) in [4.78, 5) is 0. The Hall–Kier alpha value is -1.81. The first kappa shape index (κ1) is 20.9. The zero-order valence-corrected chi connectivity index (χ0v) is 16.7. The van der Waals surface area contributed by atoms with Gasteiger partial charge in [-0.05, 0) is 54.9 Å². The summed E-state index contributed by atoms with van der Waals surface area (Å²) >= 11 is 0. The molecule has 0 saturated carbocycles. The van der Waals surface area contributed by atoms with Crippen molar-refractivity contribution in [3.05, 3.63) is 58.9 Å². The lowest BCUT2D eigenvalue weighted by Gasteiger charge is -2.29. The van der Waals surface area contributed by atoms with Crippen molar-refractivity contribution in [2.75, 3.05) is 6.61 Å². The Bertz CT molecular complexity index is 795. The van der Waals surface area contributed by atoms with Gasteiger partial charge < -0.3 is 4.74 Å². The SMILES string of the molecule is CCCCCc1ccc(-c2ccc(C3CCC(CC)OC3)c(F)c2)c(F)c1F. The summed E-state index contributed by atoms with van der Waals surface area (Å²) in [5, 5.41) is 0. The third-order valence-corrected chi connectivity index (χ3v) is 5.79. The van der Waals surface area contributed by atoms with Crippen molar-refractivity contribution in [3.63, 3.8) is 0 Å². The summed E-state index contributed by atoms with van der Waals surface area (Å²) in [5.74, 6) is -2.08. The standard InChI is InChI=1S/C24H29F3O/c1-3-5-6-7-16-9-13-21(24(27)23(16)26)17-10-12-20(22(25)14-17)18-8-11-19(4-2)28-15-18/h9-10,12-14,18-19H,3-8,11,15H2,1-2H3. The fourth-order valence-electron chi connectivity index (χ4n) is 3.97. The number of benzene rings is 2. The van der Waals surface area contributed by atoms with E-state index in [2.05, 4.69) is 13.8 Å². The zero-order valence-electron chi connectivity index (χ0n) is 16.7. The maximum Gasteiger partial charge on any atom is 0.166 e. The molecule has 2 atom stereocenters. The highest BCUT2D eigenvalue weighted by atomic mass is 19.2. The van der Waals surface area contributed by atoms with E-state index in [1.54, 1.807) is 24.3 Å². The van der Waals surface area contributed by atoms with Crippen LogP contribution in [0, 0.1) is 17.5 Å². The molecule has 2 aromatic rings. The second-order valence-corrected chi connectivity index (χ2v) is 7.73. The van der Waals surface area contributed by atoms with Crippen molar-refractivity contribution < 1.29 is 17.9 Å². The average Bonchev–Trinajstić information content (AvgIpc) is 2.71. The van der Waals surface area contributed by atoms with Gasteiger partial charge in [-0.1, -0.05) is 51.0 Å². The lowest BCUT2D eigenvalue weighted by Crippen LogP contribution is -2.24. The van der Waals surface area contributed by atoms with E-state index in [0.717, 1.165) is 38.5 Å². The van der Waals surface area contributed by atoms with Crippen molar-refractivity contribution >= 4 is 0 Å². The van der Waals surface area contributed by atoms with E-state index in [9.17, 15) is 13.2 Å². The van der Waals surface area contributed by atoms with Gasteiger partial charge in [0.25, 0.3) is 0 Å². The Morgan fingerprint density at radius 3 is 2.43 bits per heavy atom. The van der Waals surface area contributed by atoms with Gasteiger partial charge in [0.05, 0.1) is 12.7 Å². The summed E-state index contributed by atoms with van der Waals surface area (Å²) in [6, 6.07) is 7.87. The molecule has 1 saturated heterocycles. The van der Waals surface area contributed by atoms with Crippen LogP contribution < -0.4 is 0 Å². The zero-order chi connectivity index (χ0) is 20.1. The minimum atomic E-state index is -0.895. The van der Waals surface area contributed by atoms with Gasteiger partial charge in [-0.25, -0.2) is 13.2 Å². The highest BCUT2D eigenvalue weighted by Crippen LogP contribution is 2.34. The lowest BCUT2D eigenvalue weighted by atomic mass is 9.89. The van der Waals surface area contributed by atoms with Crippen LogP contribution in [0.5, 0.6) is 0 Å². The average molecular weight is 390 g/mol. The molecule has 4 heteroatoms. The Kier molecular flexibility index (Phi) is 7.17. The largest absolute Gasteiger partial charge is 0.378 e. The van der Waals surface area contributed by atoms with Crippen LogP contribution in [0.15, 0.2) is 30.3 Å². The summed E-state index contributed by atoms with van der Waals surface area (Å²) in [7, 11) is 0. The van der Waals surface area contributed by atoms with Crippen LogP contribution in [-0.4, -0.2) is 12.7 Å². The Labute approximate surface area is 165 Å². The predicted octanol–water partition coefficient (Wildman–Crippen LogP) is 7.18. The number of ether oxygens (including phenoxy) is 1. The molecule has 0 aliphatic carbocycles. The molecule has 1 aliphatic rings. The molecule has 0 bridgehead atoms. The van der Waals surface area contributed by atoms with Crippen LogP contribution >= 0.6 is 0 Å². The van der Waals surface area contributed by atoms with E-state index >= 15 is 0 Å². The van der Waals surface area contributed by atoms with Crippen molar-refractivity contribution in [2.45, 2.75) is 70.8 Å². The molecule has 1 heterocycles. The number of hydrogen-bond acceptors (Lipinski definition) is 1. The molecular formula is C24H29F3O. The van der Waals surface area contributed by atoms with Gasteiger partial charge in [0.1, 0.15) is 5.82 Å². The van der Waals surface area contributed by atoms with Crippen LogP contribution in [0.25, 0.3) is 11.1 Å². The van der Waals surface area contributed by atoms with Crippen molar-refractivity contribution in [1.82, 2.24) is 0 Å². The van der Waals surface area contributed by atoms with Crippen LogP contribution in [0.3, 0.4) is 0 Å². The summed E-state index contributed by atoms with van der Waals surface area (Å²) < 4.78 is 49.6. The number of rotatable bonds is 7. The van der Waals surface area contributed by atoms with Gasteiger partial charge >= 0.3 is 0 Å². The lowest BCUT2D eigenvalue weighted by molar-refractivity contribution is 0.00141. The maximum absolute atomic E-state index is 14.7. The van der Waals surface area contributed by atoms with Crippen LogP contribution in [-0.2, 0) is 11.2 Å². The molecule has 1 fully saturated rings. The molecule has 2 unspecified atom stereocenters. The molecule has 1 aliphatic heterocycles. The van der Waals surface area contributed by atoms with Gasteiger partial charge in [-0.15, -0.1) is 0 Å². The third kappa shape index (κ3) is 4.60. The predicted molar refractivity (Wildman–Crippen MR) is 107 cm³/mol. The van der Waals surface area contributed by atoms with Gasteiger partial charge in [0.2, 0.25) is 0 Å². The number of unbranched alkanes of at least 4 members (excludes halogenated alkanes) is 2. The fraction of sp³-hybridized carbons (Fsp3) is 0.500. The quantitative estimate of drug-likeness (QED) is 0.455. The first-order valence-corrected chi connectivity index (χ1v) is 10.4. The molecule has 2 aromatic carbocycles. The molecule has 0 radical (unpaired) electrons. The number of hydrogen-bond donors (Lipinski definition) is 0. The Morgan fingerprint density at radius 2 is 1.79 bits per heavy atom. The van der Waals surface area contributed by atoms with Crippen molar-refractivity contribution in [3.8, 4) is 11.1 Å². The van der Waals surface area contributed by atoms with Gasteiger partial charge in [-0.3, -0.25) is 0 Å². The third-order valence-electron chi connectivity index (χ3n) is 5.79. The minimum Gasteiger partial charge on any atom is -0.378 e. The summed E-state index contributed by atoms with van der Waals surface area (Å²) in [6.07, 6.45) is 6.38. The molecule has 3 rings (SSSR count). The number of halogens is 3. The smallest absolute Gasteiger partial charge is 0.166 e. The molecule has 0 aromatic heterocycles. The minimum absolute atomic E-state index is 0.0133. The summed E-state index contributed by atoms with van der Waals surface area (Å²) in [6.45, 7) is 4.66. The first-order chi connectivity index (χ1) is 13.5. The van der Waals surface area contributed by atoms with Gasteiger partial charge in [-0.2, -0.15) is 0 Å². The molecule has 28 heavy (non-hydrogen) atoms. The molecule has 0 N–H and O–H groups in total. The van der Waals surface area contributed by atoms with Crippen molar-refractivity contribution in [2.24, 2.45) is 0 Å². The van der Waals surface area contributed by atoms with E-state index in [-0.39, 0.29) is 23.4 Å². The van der Waals surface area contributed by atoms with Crippen molar-refractivity contribution in [1.29, 1.82) is 0 Å². The van der Waals surface area contributed by atoms with E-state index in [1.165, 1.54) is 6.07 Å². The molecule has 0 amide bonds. The Morgan fingerprint density at radius 1 is 0.964 bits per heavy atom. The van der Waals surface area contributed by atoms with E-state index in [0.29, 0.717) is 29.7 Å². The monoisotopic (exact) mass is 390 g/mol. The molecule has 1 nitrogen and oxygen atoms in total. The highest BCUT2D eigenvalue weighted by molar-refractivity contribution is 5.65. The van der Waals surface area contributed by atoms with Crippen LogP contribution in [0.4, 0.5) is 13.2 Å². The van der Waals surface area contributed by atoms with E-state index in [1.807, 2.05) is 0 Å². The van der Waals surface area contributed by atoms with E-state index < -0.39 is 11.6 Å². The molecular weight excluding hydrogens is 361 g/mol. The van der Waals surface area contributed by atoms with Gasteiger partial charge in [0, 0.05) is 11.5 Å². The number of aryl methyl sites for hydroxylation is 1. The molecule has 152 valence electrons. The topological polar surface area (TPSA) is 9.23 Å². The second-order valence-electron chi connectivity index (χ2n) is 7.73. The summed E-state index contributed by atoms with van der Waals surface area (Å²) in [5.41, 5.74) is 1.45. The highest BCUT2D eigenvalue weighted by Gasteiger charge is 2.24. The van der Waals surface area contributed by atoms with Crippen LogP contribution in [0.1, 0.15) is 69.4 Å². The second kappa shape index (κ2) is 9.60. The van der Waals surface area contributed by atoms with E-state index in [4.69, 9.17) is 4.74 Å². The maximum atomic E-state index is 14.7. The van der Waals surface area contributed by atoms with Gasteiger partial charge in [0.15, 0.2) is 11.6 Å². The fourth-order valence-corrected chi connectivity index (χ4v) is 3.97. The normalized spacial score (nSPS) is 19.8.